The Labute approximate surface area is 159 Å². The average Bonchev–Trinajstić information content (AvgIpc) is 3.04. The molecule has 2 aromatic rings. The molecule has 1 heterocycles. The van der Waals surface area contributed by atoms with Crippen LogP contribution in [-0.4, -0.2) is 32.8 Å². The highest BCUT2D eigenvalue weighted by Gasteiger charge is 2.22. The highest BCUT2D eigenvalue weighted by molar-refractivity contribution is 5.97. The number of hydrogen-bond acceptors (Lipinski definition) is 5. The SMILES string of the molecule is CCOc1cc2c(cc1CNC(=O)c1ccc(OC)cc1OC)OC(C)C2. The summed E-state index contributed by atoms with van der Waals surface area (Å²) in [6, 6.07) is 9.07. The van der Waals surface area contributed by atoms with Crippen LogP contribution in [0.2, 0.25) is 0 Å². The molecule has 0 fully saturated rings. The summed E-state index contributed by atoms with van der Waals surface area (Å²) in [5.74, 6) is 2.50. The van der Waals surface area contributed by atoms with Crippen LogP contribution in [0, 0.1) is 0 Å². The average molecular weight is 371 g/mol. The second kappa shape index (κ2) is 8.20. The zero-order valence-electron chi connectivity index (χ0n) is 16.1. The molecule has 0 aliphatic carbocycles. The first-order valence-corrected chi connectivity index (χ1v) is 9.01. The van der Waals surface area contributed by atoms with Crippen LogP contribution in [0.3, 0.4) is 0 Å². The maximum Gasteiger partial charge on any atom is 0.255 e. The number of nitrogens with one attached hydrogen (secondary N) is 1. The molecule has 0 saturated carbocycles. The van der Waals surface area contributed by atoms with Gasteiger partial charge in [-0.05, 0) is 38.1 Å². The predicted octanol–water partition coefficient (Wildman–Crippen LogP) is 3.36. The van der Waals surface area contributed by atoms with Crippen LogP contribution < -0.4 is 24.3 Å². The van der Waals surface area contributed by atoms with Gasteiger partial charge < -0.3 is 24.3 Å². The molecule has 144 valence electrons. The number of amides is 1. The topological polar surface area (TPSA) is 66.0 Å². The standard InChI is InChI=1S/C21H25NO5/c1-5-26-18-9-14-8-13(2)27-19(14)10-15(18)12-22-21(23)17-7-6-16(24-3)11-20(17)25-4/h6-7,9-11,13H,5,8,12H2,1-4H3,(H,22,23). The van der Waals surface area contributed by atoms with E-state index in [0.717, 1.165) is 29.0 Å². The molecule has 1 aliphatic heterocycles. The van der Waals surface area contributed by atoms with Gasteiger partial charge in [0.15, 0.2) is 0 Å². The fourth-order valence-corrected chi connectivity index (χ4v) is 3.17. The molecular formula is C21H25NO5. The van der Waals surface area contributed by atoms with Crippen molar-refractivity contribution in [2.75, 3.05) is 20.8 Å². The predicted molar refractivity (Wildman–Crippen MR) is 102 cm³/mol. The summed E-state index contributed by atoms with van der Waals surface area (Å²) in [6.45, 7) is 4.87. The molecule has 6 heteroatoms. The molecule has 1 amide bonds. The van der Waals surface area contributed by atoms with Crippen LogP contribution in [0.4, 0.5) is 0 Å². The monoisotopic (exact) mass is 371 g/mol. The number of rotatable bonds is 7. The van der Waals surface area contributed by atoms with Crippen molar-refractivity contribution in [3.05, 3.63) is 47.0 Å². The summed E-state index contributed by atoms with van der Waals surface area (Å²) >= 11 is 0. The fourth-order valence-electron chi connectivity index (χ4n) is 3.17. The van der Waals surface area contributed by atoms with Gasteiger partial charge in [-0.25, -0.2) is 0 Å². The molecule has 1 N–H and O–H groups in total. The number of carbonyl (C=O) groups is 1. The van der Waals surface area contributed by atoms with Gasteiger partial charge in [0.1, 0.15) is 29.1 Å². The molecule has 0 radical (unpaired) electrons. The van der Waals surface area contributed by atoms with Crippen molar-refractivity contribution >= 4 is 5.91 Å². The molecule has 0 bridgehead atoms. The van der Waals surface area contributed by atoms with E-state index in [0.29, 0.717) is 30.2 Å². The zero-order chi connectivity index (χ0) is 19.4. The first-order valence-electron chi connectivity index (χ1n) is 9.01. The van der Waals surface area contributed by atoms with Crippen LogP contribution in [0.25, 0.3) is 0 Å². The summed E-state index contributed by atoms with van der Waals surface area (Å²) in [5, 5.41) is 2.93. The van der Waals surface area contributed by atoms with E-state index in [4.69, 9.17) is 18.9 Å². The van der Waals surface area contributed by atoms with Gasteiger partial charge in [0.2, 0.25) is 0 Å². The Hall–Kier alpha value is -2.89. The van der Waals surface area contributed by atoms with Gasteiger partial charge in [-0.2, -0.15) is 0 Å². The molecule has 2 aromatic carbocycles. The Balaban J connectivity index is 1.78. The molecule has 3 rings (SSSR count). The summed E-state index contributed by atoms with van der Waals surface area (Å²) in [7, 11) is 3.10. The van der Waals surface area contributed by atoms with E-state index >= 15 is 0 Å². The first kappa shape index (κ1) is 18.9. The minimum atomic E-state index is -0.230. The Morgan fingerprint density at radius 2 is 2.00 bits per heavy atom. The van der Waals surface area contributed by atoms with E-state index in [2.05, 4.69) is 5.32 Å². The lowest BCUT2D eigenvalue weighted by Crippen LogP contribution is -2.23. The van der Waals surface area contributed by atoms with Crippen LogP contribution in [0.5, 0.6) is 23.0 Å². The third-order valence-corrected chi connectivity index (χ3v) is 4.47. The van der Waals surface area contributed by atoms with Gasteiger partial charge in [0, 0.05) is 30.2 Å². The second-order valence-electron chi connectivity index (χ2n) is 6.38. The van der Waals surface area contributed by atoms with E-state index < -0.39 is 0 Å². The molecule has 6 nitrogen and oxygen atoms in total. The van der Waals surface area contributed by atoms with E-state index in [9.17, 15) is 4.79 Å². The molecule has 27 heavy (non-hydrogen) atoms. The normalized spacial score (nSPS) is 14.9. The quantitative estimate of drug-likeness (QED) is 0.808. The Bertz CT molecular complexity index is 834. The van der Waals surface area contributed by atoms with Gasteiger partial charge in [-0.3, -0.25) is 4.79 Å². The van der Waals surface area contributed by atoms with Gasteiger partial charge in [0.05, 0.1) is 26.4 Å². The molecule has 1 aliphatic rings. The summed E-state index contributed by atoms with van der Waals surface area (Å²) in [5.41, 5.74) is 2.46. The van der Waals surface area contributed by atoms with Crippen molar-refractivity contribution in [2.24, 2.45) is 0 Å². The summed E-state index contributed by atoms with van der Waals surface area (Å²) in [6.07, 6.45) is 1.02. The highest BCUT2D eigenvalue weighted by atomic mass is 16.5. The van der Waals surface area contributed by atoms with Crippen LogP contribution in [-0.2, 0) is 13.0 Å². The molecule has 1 atom stereocenters. The summed E-state index contributed by atoms with van der Waals surface area (Å²) < 4.78 is 22.1. The number of fused-ring (bicyclic) bond motifs is 1. The van der Waals surface area contributed by atoms with Crippen molar-refractivity contribution in [1.29, 1.82) is 0 Å². The van der Waals surface area contributed by atoms with Crippen molar-refractivity contribution < 1.29 is 23.7 Å². The van der Waals surface area contributed by atoms with Crippen LogP contribution >= 0.6 is 0 Å². The van der Waals surface area contributed by atoms with Crippen molar-refractivity contribution in [3.8, 4) is 23.0 Å². The Kier molecular flexibility index (Phi) is 5.74. The number of ether oxygens (including phenoxy) is 4. The third kappa shape index (κ3) is 4.10. The van der Waals surface area contributed by atoms with E-state index in [1.54, 1.807) is 25.3 Å². The maximum atomic E-state index is 12.6. The van der Waals surface area contributed by atoms with Gasteiger partial charge in [-0.1, -0.05) is 0 Å². The molecule has 0 spiro atoms. The lowest BCUT2D eigenvalue weighted by atomic mass is 10.1. The zero-order valence-corrected chi connectivity index (χ0v) is 16.1. The minimum absolute atomic E-state index is 0.155. The third-order valence-electron chi connectivity index (χ3n) is 4.47. The maximum absolute atomic E-state index is 12.6. The molecule has 1 unspecified atom stereocenters. The van der Waals surface area contributed by atoms with Gasteiger partial charge in [-0.15, -0.1) is 0 Å². The van der Waals surface area contributed by atoms with E-state index in [1.165, 1.54) is 7.11 Å². The molecule has 0 aromatic heterocycles. The van der Waals surface area contributed by atoms with Crippen LogP contribution in [0.15, 0.2) is 30.3 Å². The van der Waals surface area contributed by atoms with Crippen molar-refractivity contribution in [3.63, 3.8) is 0 Å². The summed E-state index contributed by atoms with van der Waals surface area (Å²) in [4.78, 5) is 12.6. The van der Waals surface area contributed by atoms with Gasteiger partial charge in [0.25, 0.3) is 5.91 Å². The first-order chi connectivity index (χ1) is 13.0. The fraction of sp³-hybridized carbons (Fsp3) is 0.381. The Morgan fingerprint density at radius 1 is 1.19 bits per heavy atom. The minimum Gasteiger partial charge on any atom is -0.497 e. The molecule has 0 saturated heterocycles. The number of carbonyl (C=O) groups excluding carboxylic acids is 1. The van der Waals surface area contributed by atoms with Crippen molar-refractivity contribution in [2.45, 2.75) is 32.9 Å². The highest BCUT2D eigenvalue weighted by Crippen LogP contribution is 2.35. The van der Waals surface area contributed by atoms with Gasteiger partial charge >= 0.3 is 0 Å². The largest absolute Gasteiger partial charge is 0.497 e. The molecular weight excluding hydrogens is 346 g/mol. The van der Waals surface area contributed by atoms with E-state index in [-0.39, 0.29) is 12.0 Å². The smallest absolute Gasteiger partial charge is 0.255 e. The lowest BCUT2D eigenvalue weighted by Gasteiger charge is -2.14. The number of hydrogen-bond donors (Lipinski definition) is 1. The second-order valence-corrected chi connectivity index (χ2v) is 6.38. The van der Waals surface area contributed by atoms with Crippen molar-refractivity contribution in [1.82, 2.24) is 5.32 Å². The number of benzene rings is 2. The lowest BCUT2D eigenvalue weighted by molar-refractivity contribution is 0.0947. The number of methoxy groups -OCH3 is 2. The van der Waals surface area contributed by atoms with E-state index in [1.807, 2.05) is 26.0 Å². The van der Waals surface area contributed by atoms with Crippen LogP contribution in [0.1, 0.15) is 35.3 Å². The Morgan fingerprint density at radius 3 is 2.70 bits per heavy atom.